The Morgan fingerprint density at radius 2 is 2.18 bits per heavy atom. The Morgan fingerprint density at radius 3 is 2.59 bits per heavy atom. The number of carbonyl (C=O) groups is 1. The molecule has 2 saturated heterocycles. The fraction of sp³-hybridized carbons (Fsp3) is 0.917. The maximum absolute atomic E-state index is 11.0. The van der Waals surface area contributed by atoms with Crippen molar-refractivity contribution < 1.29 is 9.90 Å². The lowest BCUT2D eigenvalue weighted by molar-refractivity contribution is -0.143. The minimum atomic E-state index is -0.683. The molecule has 2 aliphatic heterocycles. The highest BCUT2D eigenvalue weighted by Gasteiger charge is 2.45. The Bertz CT molecular complexity index is 291. The van der Waals surface area contributed by atoms with Crippen molar-refractivity contribution >= 4 is 5.97 Å². The minimum Gasteiger partial charge on any atom is -0.481 e. The van der Waals surface area contributed by atoms with Gasteiger partial charge in [-0.2, -0.15) is 0 Å². The first-order chi connectivity index (χ1) is 8.07. The van der Waals surface area contributed by atoms with Crippen LogP contribution < -0.4 is 5.32 Å². The molecule has 2 rings (SSSR count). The van der Waals surface area contributed by atoms with Crippen molar-refractivity contribution in [3.8, 4) is 0 Å². The standard InChI is InChI=1S/C12H23N3O2/c1-3-14-4-5-15(7-10(14)2)12(6-11(16)17)8-13-9-12/h10,13H,3-9H2,1-2H3,(H,16,17). The molecule has 2 N–H and O–H groups in total. The second-order valence-corrected chi connectivity index (χ2v) is 5.32. The summed E-state index contributed by atoms with van der Waals surface area (Å²) < 4.78 is 0. The molecule has 2 heterocycles. The first-order valence-corrected chi connectivity index (χ1v) is 6.49. The SMILES string of the molecule is CCN1CCN(C2(CC(=O)O)CNC2)CC1C. The molecule has 17 heavy (non-hydrogen) atoms. The van der Waals surface area contributed by atoms with Gasteiger partial charge in [0.05, 0.1) is 12.0 Å². The minimum absolute atomic E-state index is 0.125. The molecular weight excluding hydrogens is 218 g/mol. The lowest BCUT2D eigenvalue weighted by Gasteiger charge is -2.54. The number of hydrogen-bond donors (Lipinski definition) is 2. The lowest BCUT2D eigenvalue weighted by Crippen LogP contribution is -2.73. The second kappa shape index (κ2) is 4.92. The summed E-state index contributed by atoms with van der Waals surface area (Å²) in [5.74, 6) is -0.683. The monoisotopic (exact) mass is 241 g/mol. The van der Waals surface area contributed by atoms with Crippen molar-refractivity contribution in [2.24, 2.45) is 0 Å². The van der Waals surface area contributed by atoms with Gasteiger partial charge in [-0.1, -0.05) is 6.92 Å². The van der Waals surface area contributed by atoms with Crippen LogP contribution in [0.3, 0.4) is 0 Å². The Hall–Kier alpha value is -0.650. The topological polar surface area (TPSA) is 55.8 Å². The summed E-state index contributed by atoms with van der Waals surface area (Å²) in [6, 6.07) is 0.528. The third-order valence-electron chi connectivity index (χ3n) is 4.23. The summed E-state index contributed by atoms with van der Waals surface area (Å²) in [4.78, 5) is 15.8. The van der Waals surface area contributed by atoms with Crippen molar-refractivity contribution in [1.82, 2.24) is 15.1 Å². The third-order valence-corrected chi connectivity index (χ3v) is 4.23. The Kier molecular flexibility index (Phi) is 3.70. The van der Waals surface area contributed by atoms with Crippen LogP contribution in [-0.4, -0.2) is 71.7 Å². The van der Waals surface area contributed by atoms with Crippen LogP contribution in [0.15, 0.2) is 0 Å². The van der Waals surface area contributed by atoms with E-state index in [4.69, 9.17) is 5.11 Å². The number of carboxylic acid groups (broad SMARTS) is 1. The summed E-state index contributed by atoms with van der Waals surface area (Å²) in [5, 5.41) is 12.3. The van der Waals surface area contributed by atoms with Crippen molar-refractivity contribution in [2.45, 2.75) is 31.8 Å². The summed E-state index contributed by atoms with van der Waals surface area (Å²) in [7, 11) is 0. The van der Waals surface area contributed by atoms with Gasteiger partial charge in [0.1, 0.15) is 0 Å². The van der Waals surface area contributed by atoms with Gasteiger partial charge >= 0.3 is 5.97 Å². The van der Waals surface area contributed by atoms with Gasteiger partial charge in [-0.3, -0.25) is 14.6 Å². The van der Waals surface area contributed by atoms with Gasteiger partial charge in [0, 0.05) is 38.8 Å². The molecule has 0 saturated carbocycles. The number of likely N-dealkylation sites (N-methyl/N-ethyl adjacent to an activating group) is 1. The fourth-order valence-electron chi connectivity index (χ4n) is 3.05. The zero-order valence-electron chi connectivity index (χ0n) is 10.8. The number of nitrogens with one attached hydrogen (secondary N) is 1. The van der Waals surface area contributed by atoms with E-state index in [0.29, 0.717) is 6.04 Å². The molecule has 5 heteroatoms. The van der Waals surface area contributed by atoms with Crippen LogP contribution in [0.5, 0.6) is 0 Å². The number of hydrogen-bond acceptors (Lipinski definition) is 4. The number of rotatable bonds is 4. The van der Waals surface area contributed by atoms with Gasteiger partial charge in [0.2, 0.25) is 0 Å². The number of aliphatic carboxylic acids is 1. The maximum Gasteiger partial charge on any atom is 0.305 e. The number of carboxylic acids is 1. The van der Waals surface area contributed by atoms with Crippen LogP contribution in [0.25, 0.3) is 0 Å². The molecule has 0 radical (unpaired) electrons. The van der Waals surface area contributed by atoms with Gasteiger partial charge in [-0.05, 0) is 13.5 Å². The average molecular weight is 241 g/mol. The zero-order chi connectivity index (χ0) is 12.5. The van der Waals surface area contributed by atoms with E-state index in [1.54, 1.807) is 0 Å². The Labute approximate surface area is 103 Å². The first-order valence-electron chi connectivity index (χ1n) is 6.49. The summed E-state index contributed by atoms with van der Waals surface area (Å²) >= 11 is 0. The normalized spacial score (nSPS) is 29.9. The average Bonchev–Trinajstić information content (AvgIpc) is 2.23. The van der Waals surface area contributed by atoms with E-state index in [9.17, 15) is 4.79 Å². The largest absolute Gasteiger partial charge is 0.481 e. The van der Waals surface area contributed by atoms with Gasteiger partial charge in [0.15, 0.2) is 0 Å². The van der Waals surface area contributed by atoms with E-state index >= 15 is 0 Å². The van der Waals surface area contributed by atoms with Crippen LogP contribution in [0, 0.1) is 0 Å². The van der Waals surface area contributed by atoms with Crippen molar-refractivity contribution in [1.29, 1.82) is 0 Å². The van der Waals surface area contributed by atoms with Crippen molar-refractivity contribution in [2.75, 3.05) is 39.3 Å². The van der Waals surface area contributed by atoms with E-state index in [2.05, 4.69) is 29.0 Å². The highest BCUT2D eigenvalue weighted by molar-refractivity contribution is 5.68. The molecule has 0 bridgehead atoms. The molecule has 0 aromatic rings. The van der Waals surface area contributed by atoms with E-state index in [0.717, 1.165) is 39.3 Å². The van der Waals surface area contributed by atoms with E-state index in [1.807, 2.05) is 0 Å². The number of nitrogens with zero attached hydrogens (tertiary/aromatic N) is 2. The Morgan fingerprint density at radius 1 is 1.47 bits per heavy atom. The van der Waals surface area contributed by atoms with Crippen LogP contribution in [0.2, 0.25) is 0 Å². The molecule has 2 aliphatic rings. The third kappa shape index (κ3) is 2.46. The zero-order valence-corrected chi connectivity index (χ0v) is 10.8. The predicted octanol–water partition coefficient (Wildman–Crippen LogP) is -0.171. The molecule has 5 nitrogen and oxygen atoms in total. The van der Waals surface area contributed by atoms with Crippen LogP contribution in [0.4, 0.5) is 0 Å². The number of piperazine rings is 1. The van der Waals surface area contributed by atoms with E-state index in [-0.39, 0.29) is 12.0 Å². The summed E-state index contributed by atoms with van der Waals surface area (Å²) in [6.45, 7) is 10.2. The highest BCUT2D eigenvalue weighted by atomic mass is 16.4. The highest BCUT2D eigenvalue weighted by Crippen LogP contribution is 2.27. The molecule has 0 aromatic carbocycles. The molecule has 0 aliphatic carbocycles. The first kappa shape index (κ1) is 12.8. The molecule has 1 unspecified atom stereocenters. The van der Waals surface area contributed by atoms with Gasteiger partial charge < -0.3 is 10.4 Å². The Balaban J connectivity index is 1.99. The molecule has 98 valence electrons. The smallest absolute Gasteiger partial charge is 0.305 e. The summed E-state index contributed by atoms with van der Waals surface area (Å²) in [6.07, 6.45) is 0.263. The molecule has 1 atom stereocenters. The maximum atomic E-state index is 11.0. The molecule has 2 fully saturated rings. The van der Waals surface area contributed by atoms with Crippen LogP contribution in [0.1, 0.15) is 20.3 Å². The lowest BCUT2D eigenvalue weighted by atomic mass is 9.85. The molecular formula is C12H23N3O2. The molecule has 0 spiro atoms. The van der Waals surface area contributed by atoms with Crippen LogP contribution >= 0.6 is 0 Å². The predicted molar refractivity (Wildman–Crippen MR) is 66.1 cm³/mol. The van der Waals surface area contributed by atoms with Crippen molar-refractivity contribution in [3.05, 3.63) is 0 Å². The van der Waals surface area contributed by atoms with Gasteiger partial charge in [-0.25, -0.2) is 0 Å². The van der Waals surface area contributed by atoms with Gasteiger partial charge in [-0.15, -0.1) is 0 Å². The quantitative estimate of drug-likeness (QED) is 0.715. The van der Waals surface area contributed by atoms with Crippen LogP contribution in [-0.2, 0) is 4.79 Å². The van der Waals surface area contributed by atoms with Crippen molar-refractivity contribution in [3.63, 3.8) is 0 Å². The van der Waals surface area contributed by atoms with Gasteiger partial charge in [0.25, 0.3) is 0 Å². The second-order valence-electron chi connectivity index (χ2n) is 5.32. The molecule has 0 aromatic heterocycles. The van der Waals surface area contributed by atoms with E-state index in [1.165, 1.54) is 0 Å². The fourth-order valence-corrected chi connectivity index (χ4v) is 3.05. The van der Waals surface area contributed by atoms with E-state index < -0.39 is 5.97 Å². The molecule has 0 amide bonds. The summed E-state index contributed by atoms with van der Waals surface area (Å²) in [5.41, 5.74) is -0.125.